The number of carboxylic acid groups (broad SMARTS) is 1. The second-order valence-electron chi connectivity index (χ2n) is 6.63. The van der Waals surface area contributed by atoms with E-state index in [9.17, 15) is 14.7 Å². The van der Waals surface area contributed by atoms with Gasteiger partial charge in [0.1, 0.15) is 11.6 Å². The summed E-state index contributed by atoms with van der Waals surface area (Å²) in [5, 5.41) is 11.5. The first-order chi connectivity index (χ1) is 11.8. The van der Waals surface area contributed by atoms with Gasteiger partial charge in [-0.15, -0.1) is 11.3 Å². The quantitative estimate of drug-likeness (QED) is 0.850. The van der Waals surface area contributed by atoms with Crippen molar-refractivity contribution < 1.29 is 19.4 Å². The number of benzene rings is 1. The van der Waals surface area contributed by atoms with Crippen molar-refractivity contribution in [2.75, 3.05) is 0 Å². The smallest absolute Gasteiger partial charge is 0.411 e. The van der Waals surface area contributed by atoms with E-state index in [2.05, 4.69) is 4.98 Å². The molecule has 0 aliphatic carbocycles. The van der Waals surface area contributed by atoms with Crippen LogP contribution in [0.5, 0.6) is 0 Å². The number of nitrogens with zero attached hydrogens (tertiary/aromatic N) is 2. The number of aromatic nitrogens is 1. The summed E-state index contributed by atoms with van der Waals surface area (Å²) in [4.78, 5) is 29.9. The van der Waals surface area contributed by atoms with Gasteiger partial charge in [-0.1, -0.05) is 30.3 Å². The Hall–Kier alpha value is -2.41. The number of hydrogen-bond acceptors (Lipinski definition) is 5. The summed E-state index contributed by atoms with van der Waals surface area (Å²) >= 11 is 1.39. The number of amides is 1. The number of carboxylic acids is 1. The zero-order valence-corrected chi connectivity index (χ0v) is 15.3. The van der Waals surface area contributed by atoms with Crippen LogP contribution in [0, 0.1) is 0 Å². The predicted molar refractivity (Wildman–Crippen MR) is 95.5 cm³/mol. The van der Waals surface area contributed by atoms with E-state index >= 15 is 0 Å². The second kappa shape index (κ2) is 8.11. The zero-order chi connectivity index (χ0) is 18.4. The molecule has 134 valence electrons. The van der Waals surface area contributed by atoms with E-state index in [4.69, 9.17) is 4.74 Å². The first-order valence-electron chi connectivity index (χ1n) is 7.89. The topological polar surface area (TPSA) is 79.7 Å². The fourth-order valence-electron chi connectivity index (χ4n) is 2.28. The molecule has 2 aromatic rings. The van der Waals surface area contributed by atoms with Gasteiger partial charge in [0, 0.05) is 11.8 Å². The summed E-state index contributed by atoms with van der Waals surface area (Å²) in [6.07, 6.45) is -0.469. The van der Waals surface area contributed by atoms with Crippen LogP contribution < -0.4 is 0 Å². The van der Waals surface area contributed by atoms with Crippen LogP contribution in [0.4, 0.5) is 4.79 Å². The molecule has 7 heteroatoms. The molecule has 1 N–H and O–H groups in total. The van der Waals surface area contributed by atoms with Crippen LogP contribution in [0.15, 0.2) is 41.2 Å². The Morgan fingerprint density at radius 1 is 1.28 bits per heavy atom. The molecule has 0 aliphatic heterocycles. The molecule has 0 saturated heterocycles. The van der Waals surface area contributed by atoms with E-state index in [1.54, 1.807) is 31.7 Å². The van der Waals surface area contributed by atoms with Crippen LogP contribution in [-0.4, -0.2) is 38.7 Å². The van der Waals surface area contributed by atoms with Gasteiger partial charge in [0.05, 0.1) is 17.7 Å². The SMILES string of the molecule is CC(C)(C)OC(=O)N(Cc1cscn1)C(Cc1ccccc1)C(=O)O. The molecule has 1 unspecified atom stereocenters. The van der Waals surface area contributed by atoms with Gasteiger partial charge in [-0.2, -0.15) is 0 Å². The van der Waals surface area contributed by atoms with Gasteiger partial charge in [-0.05, 0) is 26.3 Å². The summed E-state index contributed by atoms with van der Waals surface area (Å²) in [5.41, 5.74) is 2.40. The molecule has 6 nitrogen and oxygen atoms in total. The van der Waals surface area contributed by atoms with Crippen molar-refractivity contribution in [1.29, 1.82) is 0 Å². The Morgan fingerprint density at radius 3 is 2.48 bits per heavy atom. The van der Waals surface area contributed by atoms with E-state index in [0.717, 1.165) is 5.56 Å². The van der Waals surface area contributed by atoms with E-state index in [-0.39, 0.29) is 13.0 Å². The molecule has 1 amide bonds. The van der Waals surface area contributed by atoms with E-state index in [0.29, 0.717) is 5.69 Å². The highest BCUT2D eigenvalue weighted by Crippen LogP contribution is 2.18. The lowest BCUT2D eigenvalue weighted by Gasteiger charge is -2.31. The largest absolute Gasteiger partial charge is 0.480 e. The van der Waals surface area contributed by atoms with Gasteiger partial charge in [0.2, 0.25) is 0 Å². The highest BCUT2D eigenvalue weighted by atomic mass is 32.1. The Morgan fingerprint density at radius 2 is 1.96 bits per heavy atom. The highest BCUT2D eigenvalue weighted by Gasteiger charge is 2.33. The number of carbonyl (C=O) groups is 2. The molecule has 0 saturated carbocycles. The average Bonchev–Trinajstić information content (AvgIpc) is 3.03. The van der Waals surface area contributed by atoms with Crippen molar-refractivity contribution in [3.63, 3.8) is 0 Å². The summed E-state index contributed by atoms with van der Waals surface area (Å²) in [6, 6.07) is 8.18. The molecule has 0 aliphatic rings. The molecule has 25 heavy (non-hydrogen) atoms. The van der Waals surface area contributed by atoms with Crippen molar-refractivity contribution in [3.05, 3.63) is 52.5 Å². The van der Waals surface area contributed by atoms with Crippen molar-refractivity contribution >= 4 is 23.4 Å². The third-order valence-corrected chi connectivity index (χ3v) is 4.01. The average molecular weight is 362 g/mol. The fraction of sp³-hybridized carbons (Fsp3) is 0.389. The number of hydrogen-bond donors (Lipinski definition) is 1. The lowest BCUT2D eigenvalue weighted by Crippen LogP contribution is -2.48. The predicted octanol–water partition coefficient (Wildman–Crippen LogP) is 3.58. The second-order valence-corrected chi connectivity index (χ2v) is 7.35. The summed E-state index contributed by atoms with van der Waals surface area (Å²) in [7, 11) is 0. The van der Waals surface area contributed by atoms with Gasteiger partial charge in [0.25, 0.3) is 0 Å². The van der Waals surface area contributed by atoms with E-state index in [1.165, 1.54) is 16.2 Å². The van der Waals surface area contributed by atoms with E-state index in [1.807, 2.05) is 30.3 Å². The normalized spacial score (nSPS) is 12.4. The van der Waals surface area contributed by atoms with Gasteiger partial charge in [0.15, 0.2) is 0 Å². The Bertz CT molecular complexity index is 696. The first kappa shape index (κ1) is 18.9. The lowest BCUT2D eigenvalue weighted by molar-refractivity contribution is -0.143. The molecule has 0 bridgehead atoms. The molecule has 1 aromatic carbocycles. The van der Waals surface area contributed by atoms with Crippen molar-refractivity contribution in [2.45, 2.75) is 45.4 Å². The van der Waals surface area contributed by atoms with Crippen LogP contribution in [0.3, 0.4) is 0 Å². The van der Waals surface area contributed by atoms with Crippen molar-refractivity contribution in [1.82, 2.24) is 9.88 Å². The number of carbonyl (C=O) groups excluding carboxylic acids is 1. The Labute approximate surface area is 151 Å². The summed E-state index contributed by atoms with van der Waals surface area (Å²) in [6.45, 7) is 5.33. The highest BCUT2D eigenvalue weighted by molar-refractivity contribution is 7.07. The number of thiazole rings is 1. The molecule has 1 heterocycles. The van der Waals surface area contributed by atoms with Crippen LogP contribution in [0.25, 0.3) is 0 Å². The molecule has 1 atom stereocenters. The summed E-state index contributed by atoms with van der Waals surface area (Å²) in [5.74, 6) is -1.08. The maximum Gasteiger partial charge on any atom is 0.411 e. The molecule has 2 rings (SSSR count). The standard InChI is InChI=1S/C18H22N2O4S/c1-18(2,3)24-17(23)20(10-14-11-25-12-19-14)15(16(21)22)9-13-7-5-4-6-8-13/h4-8,11-12,15H,9-10H2,1-3H3,(H,21,22). The number of ether oxygens (including phenoxy) is 1. The molecule has 0 spiro atoms. The molecule has 0 fully saturated rings. The van der Waals surface area contributed by atoms with Crippen molar-refractivity contribution in [3.8, 4) is 0 Å². The first-order valence-corrected chi connectivity index (χ1v) is 8.84. The number of aliphatic carboxylic acids is 1. The maximum atomic E-state index is 12.6. The molecular formula is C18H22N2O4S. The van der Waals surface area contributed by atoms with Crippen LogP contribution in [0.2, 0.25) is 0 Å². The molecule has 0 radical (unpaired) electrons. The molecular weight excluding hydrogens is 340 g/mol. The monoisotopic (exact) mass is 362 g/mol. The minimum absolute atomic E-state index is 0.0855. The third-order valence-electron chi connectivity index (χ3n) is 3.38. The maximum absolute atomic E-state index is 12.6. The molecule has 1 aromatic heterocycles. The minimum atomic E-state index is -1.08. The zero-order valence-electron chi connectivity index (χ0n) is 14.5. The van der Waals surface area contributed by atoms with Crippen molar-refractivity contribution in [2.24, 2.45) is 0 Å². The van der Waals surface area contributed by atoms with Crippen LogP contribution in [0.1, 0.15) is 32.0 Å². The summed E-state index contributed by atoms with van der Waals surface area (Å²) < 4.78 is 5.42. The van der Waals surface area contributed by atoms with Gasteiger partial charge >= 0.3 is 12.1 Å². The Kier molecular flexibility index (Phi) is 6.14. The van der Waals surface area contributed by atoms with Crippen LogP contribution in [-0.2, 0) is 22.5 Å². The van der Waals surface area contributed by atoms with Gasteiger partial charge in [-0.3, -0.25) is 4.90 Å². The number of rotatable bonds is 6. The van der Waals surface area contributed by atoms with Gasteiger partial charge in [-0.25, -0.2) is 14.6 Å². The van der Waals surface area contributed by atoms with E-state index < -0.39 is 23.7 Å². The lowest BCUT2D eigenvalue weighted by atomic mass is 10.0. The van der Waals surface area contributed by atoms with Gasteiger partial charge < -0.3 is 9.84 Å². The fourth-order valence-corrected chi connectivity index (χ4v) is 2.83. The minimum Gasteiger partial charge on any atom is -0.480 e. The van der Waals surface area contributed by atoms with Crippen LogP contribution >= 0.6 is 11.3 Å². The Balaban J connectivity index is 2.28. The third kappa shape index (κ3) is 5.86.